The van der Waals surface area contributed by atoms with Gasteiger partial charge in [0.2, 0.25) is 0 Å². The average Bonchev–Trinajstić information content (AvgIpc) is 4.06. The van der Waals surface area contributed by atoms with Gasteiger partial charge in [-0.05, 0) is 151 Å². The minimum Gasteiger partial charge on any atom is -0.478 e. The molecule has 0 unspecified atom stereocenters. The monoisotopic (exact) mass is 859 g/mol. The second-order valence-electron chi connectivity index (χ2n) is 15.1. The van der Waals surface area contributed by atoms with Gasteiger partial charge in [-0.3, -0.25) is 14.7 Å². The fourth-order valence-electron chi connectivity index (χ4n) is 7.92. The fourth-order valence-corrected chi connectivity index (χ4v) is 10.4. The van der Waals surface area contributed by atoms with Crippen molar-refractivity contribution in [2.45, 2.75) is 126 Å². The summed E-state index contributed by atoms with van der Waals surface area (Å²) in [5.41, 5.74) is 29.2. The Bertz CT molecular complexity index is 2400. The number of anilines is 3. The number of rotatable bonds is 3. The van der Waals surface area contributed by atoms with Gasteiger partial charge in [-0.25, -0.2) is 4.79 Å². The molecule has 3 aliphatic rings. The highest BCUT2D eigenvalue weighted by Crippen LogP contribution is 2.30. The van der Waals surface area contributed by atoms with Gasteiger partial charge in [0.15, 0.2) is 0 Å². The zero-order valence-electron chi connectivity index (χ0n) is 34.1. The molecular weight excluding hydrogens is 803 g/mol. The molecule has 0 fully saturated rings. The summed E-state index contributed by atoms with van der Waals surface area (Å²) in [6.07, 6.45) is 13.0. The number of nitrogen functional groups attached to an aromatic ring is 3. The molecule has 3 aliphatic carbocycles. The number of carboxylic acid groups (broad SMARTS) is 1. The van der Waals surface area contributed by atoms with Crippen LogP contribution in [0.1, 0.15) is 142 Å². The second kappa shape index (κ2) is 19.3. The topological polar surface area (TPSA) is 214 Å². The Morgan fingerprint density at radius 1 is 0.610 bits per heavy atom. The molecule has 0 bridgehead atoms. The number of aromatic carboxylic acids is 1. The molecule has 8 N–H and O–H groups in total. The van der Waals surface area contributed by atoms with Gasteiger partial charge in [-0.2, -0.15) is 19.6 Å². The number of nitrogens with one attached hydrogen (secondary N) is 1. The van der Waals surface area contributed by atoms with Gasteiger partial charge < -0.3 is 22.3 Å². The number of aromatic amines is 1. The van der Waals surface area contributed by atoms with Crippen molar-refractivity contribution in [3.05, 3.63) is 97.9 Å². The van der Waals surface area contributed by atoms with E-state index in [0.717, 1.165) is 129 Å². The van der Waals surface area contributed by atoms with Crippen molar-refractivity contribution in [2.75, 3.05) is 17.2 Å². The number of carbonyl (C=O) groups is 3. The van der Waals surface area contributed by atoms with Crippen molar-refractivity contribution in [1.82, 2.24) is 29.8 Å². The van der Waals surface area contributed by atoms with Crippen LogP contribution in [0, 0.1) is 41.5 Å². The van der Waals surface area contributed by atoms with Crippen LogP contribution in [0.2, 0.25) is 0 Å². The molecule has 0 aromatic carbocycles. The Hall–Kier alpha value is -5.06. The van der Waals surface area contributed by atoms with E-state index in [4.69, 9.17) is 22.3 Å². The number of hydrogen-bond acceptors (Lipinski definition) is 12. The van der Waals surface area contributed by atoms with Crippen molar-refractivity contribution in [2.24, 2.45) is 0 Å². The number of carboxylic acids is 1. The molecule has 6 heterocycles. The summed E-state index contributed by atoms with van der Waals surface area (Å²) in [5.74, 6) is 0.804. The maximum absolute atomic E-state index is 12.7. The van der Waals surface area contributed by atoms with Crippen LogP contribution in [0.15, 0.2) is 16.1 Å². The third-order valence-corrected chi connectivity index (χ3v) is 14.1. The lowest BCUT2D eigenvalue weighted by Crippen LogP contribution is -2.19. The fraction of sp³-hybridized carbons (Fsp3) is 0.442. The maximum atomic E-state index is 12.7. The summed E-state index contributed by atoms with van der Waals surface area (Å²) in [4.78, 5) is 38.8. The SMILES string of the molecule is C.Cc1csc(C)c1C(=O)O.Cc1csc(C)c1C(=O)n1nc(N)c2c1CCCC2.Cc1csc(C)c1C(=O)n1nc2c(c1N)CCCC2.Nc1n[nH]c2c1CCCC2. The first-order valence-corrected chi connectivity index (χ1v) is 22.3. The van der Waals surface area contributed by atoms with Crippen LogP contribution in [0.4, 0.5) is 17.5 Å². The Balaban J connectivity index is 0.000000155. The number of hydrogen-bond donors (Lipinski definition) is 5. The molecule has 6 aromatic heterocycles. The summed E-state index contributed by atoms with van der Waals surface area (Å²) in [6.45, 7) is 11.5. The van der Waals surface area contributed by atoms with E-state index >= 15 is 0 Å². The van der Waals surface area contributed by atoms with Crippen LogP contribution in [-0.2, 0) is 38.5 Å². The molecule has 13 nitrogen and oxygen atoms in total. The molecule has 6 aromatic rings. The molecule has 0 amide bonds. The number of nitrogens with zero attached hydrogens (tertiary/aromatic N) is 5. The Morgan fingerprint density at radius 2 is 1.08 bits per heavy atom. The molecule has 0 saturated carbocycles. The average molecular weight is 860 g/mol. The second-order valence-corrected chi connectivity index (χ2v) is 18.3. The van der Waals surface area contributed by atoms with E-state index in [-0.39, 0.29) is 19.2 Å². The maximum Gasteiger partial charge on any atom is 0.337 e. The van der Waals surface area contributed by atoms with E-state index < -0.39 is 5.97 Å². The van der Waals surface area contributed by atoms with Crippen LogP contribution in [0.25, 0.3) is 0 Å². The quantitative estimate of drug-likeness (QED) is 0.114. The van der Waals surface area contributed by atoms with Crippen LogP contribution in [0.3, 0.4) is 0 Å². The number of H-pyrrole nitrogens is 1. The lowest BCUT2D eigenvalue weighted by molar-refractivity contribution is 0.0695. The molecule has 0 radical (unpaired) electrons. The van der Waals surface area contributed by atoms with Crippen molar-refractivity contribution in [1.29, 1.82) is 0 Å². The summed E-state index contributed by atoms with van der Waals surface area (Å²) in [5, 5.41) is 30.1. The molecule has 0 aliphatic heterocycles. The molecule has 9 rings (SSSR count). The molecule has 16 heteroatoms. The highest BCUT2D eigenvalue weighted by atomic mass is 32.1. The summed E-state index contributed by atoms with van der Waals surface area (Å²) < 4.78 is 2.93. The predicted octanol–water partition coefficient (Wildman–Crippen LogP) is 8.99. The lowest BCUT2D eigenvalue weighted by atomic mass is 9.97. The number of thiophene rings is 3. The van der Waals surface area contributed by atoms with Gasteiger partial charge >= 0.3 is 5.97 Å². The normalized spacial score (nSPS) is 13.8. The first-order valence-electron chi connectivity index (χ1n) is 19.7. The van der Waals surface area contributed by atoms with E-state index in [2.05, 4.69) is 20.4 Å². The minimum atomic E-state index is -0.823. The van der Waals surface area contributed by atoms with E-state index in [1.165, 1.54) is 44.8 Å². The van der Waals surface area contributed by atoms with Crippen LogP contribution in [-0.4, -0.2) is 52.6 Å². The molecule has 59 heavy (non-hydrogen) atoms. The number of aryl methyl sites for hydroxylation is 8. The minimum absolute atomic E-state index is 0. The van der Waals surface area contributed by atoms with E-state index in [1.807, 2.05) is 57.7 Å². The third-order valence-electron chi connectivity index (χ3n) is 11.0. The number of fused-ring (bicyclic) bond motifs is 3. The number of nitrogens with two attached hydrogens (primary N) is 3. The lowest BCUT2D eigenvalue weighted by Gasteiger charge is -2.13. The van der Waals surface area contributed by atoms with Crippen LogP contribution < -0.4 is 17.2 Å². The first-order chi connectivity index (χ1) is 27.7. The summed E-state index contributed by atoms with van der Waals surface area (Å²) >= 11 is 4.68. The summed E-state index contributed by atoms with van der Waals surface area (Å²) in [6, 6.07) is 0. The van der Waals surface area contributed by atoms with Crippen molar-refractivity contribution < 1.29 is 19.5 Å². The van der Waals surface area contributed by atoms with Crippen LogP contribution >= 0.6 is 34.0 Å². The van der Waals surface area contributed by atoms with Crippen molar-refractivity contribution in [3.8, 4) is 0 Å². The molecule has 0 spiro atoms. The van der Waals surface area contributed by atoms with Gasteiger partial charge in [0.25, 0.3) is 11.8 Å². The highest BCUT2D eigenvalue weighted by Gasteiger charge is 2.27. The highest BCUT2D eigenvalue weighted by molar-refractivity contribution is 7.11. The summed E-state index contributed by atoms with van der Waals surface area (Å²) in [7, 11) is 0. The van der Waals surface area contributed by atoms with Gasteiger partial charge in [-0.1, -0.05) is 7.43 Å². The first kappa shape index (κ1) is 45.0. The van der Waals surface area contributed by atoms with Crippen molar-refractivity contribution in [3.63, 3.8) is 0 Å². The molecule has 0 saturated heterocycles. The smallest absolute Gasteiger partial charge is 0.337 e. The number of aromatic nitrogens is 6. The van der Waals surface area contributed by atoms with E-state index in [1.54, 1.807) is 22.7 Å². The Morgan fingerprint density at radius 3 is 1.58 bits per heavy atom. The van der Waals surface area contributed by atoms with Gasteiger partial charge in [0, 0.05) is 37.0 Å². The zero-order valence-corrected chi connectivity index (χ0v) is 36.5. The molecular formula is C43H57N9O4S3. The predicted molar refractivity (Wildman–Crippen MR) is 241 cm³/mol. The Labute approximate surface area is 358 Å². The Kier molecular flexibility index (Phi) is 14.8. The van der Waals surface area contributed by atoms with Gasteiger partial charge in [0.1, 0.15) is 17.5 Å². The molecule has 316 valence electrons. The van der Waals surface area contributed by atoms with E-state index in [0.29, 0.717) is 23.0 Å². The third kappa shape index (κ3) is 9.55. The standard InChI is InChI=1S/2C14H17N3OS.C7H11N3.C7H8O2S.CH4/c1-8-7-19-9(2)12(8)14(18)17-11-6-4-3-5-10(11)13(15)16-17;1-8-7-19-9(2)12(8)14(18)17-13(15)10-5-3-4-6-11(10)16-17;8-7-5-3-1-2-4-6(5)9-10-7;1-4-3-10-5(2)6(4)7(8)9;/h7H,3-6H2,1-2H3,(H2,15,16);7H,3-6,15H2,1-2H3;1-4H2,(H3,8,9,10);3H,1-2H3,(H,8,9);1H4. The molecule has 0 atom stereocenters. The zero-order chi connectivity index (χ0) is 41.8. The van der Waals surface area contributed by atoms with E-state index in [9.17, 15) is 14.4 Å². The van der Waals surface area contributed by atoms with Crippen molar-refractivity contribution >= 4 is 69.2 Å². The van der Waals surface area contributed by atoms with Crippen LogP contribution in [0.5, 0.6) is 0 Å². The number of carbonyl (C=O) groups excluding carboxylic acids is 2. The van der Waals surface area contributed by atoms with Gasteiger partial charge in [-0.15, -0.1) is 39.1 Å². The van der Waals surface area contributed by atoms with Gasteiger partial charge in [0.05, 0.1) is 28.1 Å². The largest absolute Gasteiger partial charge is 0.478 e.